The molecule has 0 aliphatic rings. The van der Waals surface area contributed by atoms with Crippen LogP contribution in [-0.2, 0) is 15.9 Å². The van der Waals surface area contributed by atoms with Crippen LogP contribution in [0.3, 0.4) is 0 Å². The number of hydrogen-bond acceptors (Lipinski definition) is 5. The third-order valence-electron chi connectivity index (χ3n) is 3.97. The molecular weight excluding hydrogens is 409 g/mol. The van der Waals surface area contributed by atoms with Gasteiger partial charge in [-0.3, -0.25) is 4.79 Å². The molecule has 1 amide bonds. The van der Waals surface area contributed by atoms with Gasteiger partial charge in [0.15, 0.2) is 0 Å². The molecule has 10 heteroatoms. The van der Waals surface area contributed by atoms with Crippen LogP contribution in [0.5, 0.6) is 5.75 Å². The number of carbonyl (C=O) groups is 1. The van der Waals surface area contributed by atoms with E-state index in [2.05, 4.69) is 14.0 Å². The normalized spacial score (nSPS) is 13.6. The molecule has 0 bridgehead atoms. The van der Waals surface area contributed by atoms with Crippen LogP contribution in [0.15, 0.2) is 68.4 Å². The zero-order chi connectivity index (χ0) is 21.2. The first-order valence-corrected chi connectivity index (χ1v) is 10.1. The number of rotatable bonds is 4. The summed E-state index contributed by atoms with van der Waals surface area (Å²) in [6.07, 6.45) is -3.29. The number of ether oxygens (including phenoxy) is 1. The molecule has 2 aromatic carbocycles. The van der Waals surface area contributed by atoms with Crippen LogP contribution in [0.25, 0.3) is 11.3 Å². The minimum Gasteiger partial charge on any atom is -0.497 e. The predicted octanol–water partition coefficient (Wildman–Crippen LogP) is 4.67. The number of nitrogens with zero attached hydrogens (tertiary/aromatic N) is 2. The summed E-state index contributed by atoms with van der Waals surface area (Å²) in [5.74, 6) is -1.35. The van der Waals surface area contributed by atoms with Gasteiger partial charge < -0.3 is 9.26 Å². The van der Waals surface area contributed by atoms with Crippen LogP contribution < -0.4 is 4.74 Å². The van der Waals surface area contributed by atoms with Gasteiger partial charge >= 0.3 is 6.18 Å². The summed E-state index contributed by atoms with van der Waals surface area (Å²) in [5, 5.41) is 3.38. The highest BCUT2D eigenvalue weighted by Crippen LogP contribution is 2.32. The monoisotopic (exact) mass is 424 g/mol. The molecule has 0 radical (unpaired) electrons. The highest BCUT2D eigenvalue weighted by atomic mass is 32.2. The minimum absolute atomic E-state index is 0.0224. The van der Waals surface area contributed by atoms with E-state index < -0.39 is 27.6 Å². The fourth-order valence-electron chi connectivity index (χ4n) is 2.42. The van der Waals surface area contributed by atoms with Crippen LogP contribution in [0.2, 0.25) is 0 Å². The molecular formula is C19H15F3N2O4S. The van der Waals surface area contributed by atoms with Crippen molar-refractivity contribution in [3.63, 3.8) is 0 Å². The average molecular weight is 424 g/mol. The van der Waals surface area contributed by atoms with Crippen molar-refractivity contribution in [2.24, 2.45) is 4.36 Å². The lowest BCUT2D eigenvalue weighted by Gasteiger charge is -2.06. The average Bonchev–Trinajstić information content (AvgIpc) is 3.18. The highest BCUT2D eigenvalue weighted by Gasteiger charge is 2.36. The van der Waals surface area contributed by atoms with E-state index in [1.807, 2.05) is 0 Å². The van der Waals surface area contributed by atoms with E-state index in [0.717, 1.165) is 6.07 Å². The molecule has 1 atom stereocenters. The summed E-state index contributed by atoms with van der Waals surface area (Å²) in [7, 11) is -1.49. The molecule has 0 spiro atoms. The molecule has 152 valence electrons. The summed E-state index contributed by atoms with van der Waals surface area (Å²) >= 11 is 0. The topological polar surface area (TPSA) is 81.8 Å². The maximum atomic E-state index is 12.8. The summed E-state index contributed by atoms with van der Waals surface area (Å²) in [6.45, 7) is 0. The largest absolute Gasteiger partial charge is 0.497 e. The molecule has 3 aromatic rings. The van der Waals surface area contributed by atoms with Gasteiger partial charge in [-0.1, -0.05) is 17.3 Å². The van der Waals surface area contributed by atoms with E-state index >= 15 is 0 Å². The van der Waals surface area contributed by atoms with Gasteiger partial charge in [-0.2, -0.15) is 17.5 Å². The van der Waals surface area contributed by atoms with Crippen LogP contribution in [0.4, 0.5) is 13.2 Å². The molecule has 3 rings (SSSR count). The predicted molar refractivity (Wildman–Crippen MR) is 99.0 cm³/mol. The number of halogens is 3. The van der Waals surface area contributed by atoms with Crippen molar-refractivity contribution in [2.75, 3.05) is 13.4 Å². The molecule has 0 fully saturated rings. The quantitative estimate of drug-likeness (QED) is 0.608. The van der Waals surface area contributed by atoms with Crippen LogP contribution >= 0.6 is 0 Å². The van der Waals surface area contributed by atoms with Gasteiger partial charge in [0, 0.05) is 28.3 Å². The molecule has 0 aliphatic carbocycles. The van der Waals surface area contributed by atoms with E-state index in [1.165, 1.54) is 37.6 Å². The van der Waals surface area contributed by atoms with E-state index in [-0.39, 0.29) is 11.3 Å². The summed E-state index contributed by atoms with van der Waals surface area (Å²) in [5.41, 5.74) is 0.440. The Balaban J connectivity index is 1.83. The Hall–Kier alpha value is -3.14. The Kier molecular flexibility index (Phi) is 5.47. The maximum Gasteiger partial charge on any atom is 0.452 e. The number of methoxy groups -OCH3 is 1. The van der Waals surface area contributed by atoms with Crippen LogP contribution in [-0.4, -0.2) is 28.6 Å². The zero-order valence-electron chi connectivity index (χ0n) is 15.3. The lowest BCUT2D eigenvalue weighted by molar-refractivity contribution is -0.155. The molecule has 0 saturated heterocycles. The number of alkyl halides is 3. The van der Waals surface area contributed by atoms with Crippen molar-refractivity contribution in [2.45, 2.75) is 11.1 Å². The first kappa shape index (κ1) is 20.6. The lowest BCUT2D eigenvalue weighted by atomic mass is 10.1. The maximum absolute atomic E-state index is 12.8. The van der Waals surface area contributed by atoms with Crippen molar-refractivity contribution < 1.29 is 31.4 Å². The van der Waals surface area contributed by atoms with E-state index in [9.17, 15) is 22.2 Å². The second-order valence-corrected chi connectivity index (χ2v) is 8.29. The standard InChI is InChI=1S/C19H15F3N2O4S/c1-27-14-7-9-15(10-8-14)29(2,26)24-18(25)13-5-3-12(4-6-13)16-11-17(28-23-16)19(20,21)22/h3-11H,1-2H3. The molecule has 0 aliphatic heterocycles. The van der Waals surface area contributed by atoms with Crippen LogP contribution in [0, 0.1) is 0 Å². The lowest BCUT2D eigenvalue weighted by Crippen LogP contribution is -2.04. The number of amides is 1. The van der Waals surface area contributed by atoms with Gasteiger partial charge in [0.05, 0.1) is 16.8 Å². The van der Waals surface area contributed by atoms with E-state index in [1.54, 1.807) is 24.3 Å². The zero-order valence-corrected chi connectivity index (χ0v) is 16.1. The van der Waals surface area contributed by atoms with Crippen molar-refractivity contribution in [1.82, 2.24) is 5.16 Å². The first-order valence-electron chi connectivity index (χ1n) is 8.15. The number of hydrogen-bond donors (Lipinski definition) is 0. The van der Waals surface area contributed by atoms with Gasteiger partial charge in [-0.25, -0.2) is 4.21 Å². The Morgan fingerprint density at radius 2 is 1.72 bits per heavy atom. The van der Waals surface area contributed by atoms with Crippen molar-refractivity contribution in [1.29, 1.82) is 0 Å². The van der Waals surface area contributed by atoms with Crippen molar-refractivity contribution in [3.8, 4) is 17.0 Å². The third kappa shape index (κ3) is 4.65. The van der Waals surface area contributed by atoms with Crippen LogP contribution in [0.1, 0.15) is 16.1 Å². The first-order chi connectivity index (χ1) is 13.6. The molecule has 0 saturated carbocycles. The third-order valence-corrected chi connectivity index (χ3v) is 5.63. The second-order valence-electron chi connectivity index (χ2n) is 6.03. The van der Waals surface area contributed by atoms with E-state index in [0.29, 0.717) is 16.2 Å². The Morgan fingerprint density at radius 1 is 1.10 bits per heavy atom. The molecule has 1 aromatic heterocycles. The summed E-state index contributed by atoms with van der Waals surface area (Å²) < 4.78 is 63.7. The summed E-state index contributed by atoms with van der Waals surface area (Å²) in [6, 6.07) is 12.7. The smallest absolute Gasteiger partial charge is 0.452 e. The SMILES string of the molecule is COc1ccc(S(C)(=O)=NC(=O)c2ccc(-c3cc(C(F)(F)F)on3)cc2)cc1. The molecule has 29 heavy (non-hydrogen) atoms. The Morgan fingerprint density at radius 3 is 2.24 bits per heavy atom. The van der Waals surface area contributed by atoms with Gasteiger partial charge in [0.1, 0.15) is 11.4 Å². The van der Waals surface area contributed by atoms with Crippen molar-refractivity contribution >= 4 is 15.6 Å². The van der Waals surface area contributed by atoms with Gasteiger partial charge in [0.25, 0.3) is 5.91 Å². The molecule has 1 unspecified atom stereocenters. The van der Waals surface area contributed by atoms with Gasteiger partial charge in [-0.15, -0.1) is 0 Å². The fourth-order valence-corrected chi connectivity index (χ4v) is 3.59. The molecule has 1 heterocycles. The van der Waals surface area contributed by atoms with Gasteiger partial charge in [-0.05, 0) is 36.4 Å². The number of aromatic nitrogens is 1. The van der Waals surface area contributed by atoms with E-state index in [4.69, 9.17) is 4.74 Å². The van der Waals surface area contributed by atoms with Gasteiger partial charge in [0.2, 0.25) is 5.76 Å². The minimum atomic E-state index is -4.64. The number of benzene rings is 2. The molecule has 6 nitrogen and oxygen atoms in total. The highest BCUT2D eigenvalue weighted by molar-refractivity contribution is 7.93. The second kappa shape index (κ2) is 7.70. The molecule has 0 N–H and O–H groups in total. The fraction of sp³-hybridized carbons (Fsp3) is 0.158. The summed E-state index contributed by atoms with van der Waals surface area (Å²) in [4.78, 5) is 12.8. The number of carbonyl (C=O) groups excluding carboxylic acids is 1. The van der Waals surface area contributed by atoms with Crippen molar-refractivity contribution in [3.05, 3.63) is 65.9 Å². The Bertz CT molecular complexity index is 1140. The Labute approximate surface area is 164 Å².